The number of aromatic nitrogens is 3. The minimum atomic E-state index is -0.378. The van der Waals surface area contributed by atoms with Crippen LogP contribution in [-0.2, 0) is 11.3 Å². The molecule has 26 heavy (non-hydrogen) atoms. The summed E-state index contributed by atoms with van der Waals surface area (Å²) >= 11 is 5.87. The van der Waals surface area contributed by atoms with Gasteiger partial charge in [-0.1, -0.05) is 16.8 Å². The minimum Gasteiger partial charge on any atom is -0.452 e. The number of ether oxygens (including phenoxy) is 1. The Labute approximate surface area is 155 Å². The number of aryl methyl sites for hydroxylation is 1. The number of carbonyl (C=O) groups excluding carboxylic acids is 1. The van der Waals surface area contributed by atoms with Crippen LogP contribution in [0.25, 0.3) is 11.4 Å². The van der Waals surface area contributed by atoms with Crippen LogP contribution in [0.15, 0.2) is 34.9 Å². The summed E-state index contributed by atoms with van der Waals surface area (Å²) in [5.41, 5.74) is 3.40. The zero-order valence-electron chi connectivity index (χ0n) is 14.5. The predicted molar refractivity (Wildman–Crippen MR) is 96.0 cm³/mol. The molecule has 1 aliphatic carbocycles. The fourth-order valence-electron chi connectivity index (χ4n) is 3.11. The summed E-state index contributed by atoms with van der Waals surface area (Å²) in [5.74, 6) is 0.301. The van der Waals surface area contributed by atoms with Gasteiger partial charge in [0, 0.05) is 28.0 Å². The summed E-state index contributed by atoms with van der Waals surface area (Å²) in [6.07, 6.45) is 2.33. The Bertz CT molecular complexity index is 955. The van der Waals surface area contributed by atoms with E-state index in [4.69, 9.17) is 20.9 Å². The maximum absolute atomic E-state index is 12.4. The number of hydrogen-bond donors (Lipinski definition) is 0. The van der Waals surface area contributed by atoms with E-state index in [0.29, 0.717) is 22.5 Å². The SMILES string of the molecule is Cc1cc(C(=O)OCc2nc(-c3ccc(Cl)cc3)no2)c(C)n1C1CC1. The van der Waals surface area contributed by atoms with E-state index in [1.54, 1.807) is 24.3 Å². The van der Waals surface area contributed by atoms with Gasteiger partial charge in [0.2, 0.25) is 5.82 Å². The van der Waals surface area contributed by atoms with E-state index >= 15 is 0 Å². The molecule has 1 aliphatic rings. The second-order valence-electron chi connectivity index (χ2n) is 6.48. The summed E-state index contributed by atoms with van der Waals surface area (Å²) in [6.45, 7) is 3.90. The molecule has 1 fully saturated rings. The lowest BCUT2D eigenvalue weighted by molar-refractivity contribution is 0.0429. The first-order valence-corrected chi connectivity index (χ1v) is 8.85. The molecule has 134 valence electrons. The van der Waals surface area contributed by atoms with E-state index in [-0.39, 0.29) is 18.5 Å². The first kappa shape index (κ1) is 16.8. The number of carbonyl (C=O) groups is 1. The molecule has 0 bridgehead atoms. The average Bonchev–Trinajstić information content (AvgIpc) is 3.26. The molecule has 1 aromatic carbocycles. The quantitative estimate of drug-likeness (QED) is 0.617. The summed E-state index contributed by atoms with van der Waals surface area (Å²) in [4.78, 5) is 16.7. The highest BCUT2D eigenvalue weighted by molar-refractivity contribution is 6.30. The van der Waals surface area contributed by atoms with Crippen molar-refractivity contribution in [1.29, 1.82) is 0 Å². The van der Waals surface area contributed by atoms with Gasteiger partial charge in [0.15, 0.2) is 6.61 Å². The highest BCUT2D eigenvalue weighted by Crippen LogP contribution is 2.38. The van der Waals surface area contributed by atoms with Gasteiger partial charge in [-0.25, -0.2) is 4.79 Å². The van der Waals surface area contributed by atoms with Crippen molar-refractivity contribution in [2.75, 3.05) is 0 Å². The van der Waals surface area contributed by atoms with Gasteiger partial charge >= 0.3 is 5.97 Å². The Balaban J connectivity index is 1.44. The normalized spacial score (nSPS) is 13.8. The fourth-order valence-corrected chi connectivity index (χ4v) is 3.24. The van der Waals surface area contributed by atoms with Crippen molar-refractivity contribution in [2.45, 2.75) is 39.3 Å². The summed E-state index contributed by atoms with van der Waals surface area (Å²) in [5, 5.41) is 4.54. The number of halogens is 1. The number of nitrogens with zero attached hydrogens (tertiary/aromatic N) is 3. The number of esters is 1. The molecule has 0 N–H and O–H groups in total. The van der Waals surface area contributed by atoms with Crippen molar-refractivity contribution in [3.05, 3.63) is 58.2 Å². The van der Waals surface area contributed by atoms with Crippen LogP contribution in [0.2, 0.25) is 5.02 Å². The first-order chi connectivity index (χ1) is 12.5. The maximum atomic E-state index is 12.4. The van der Waals surface area contributed by atoms with Crippen molar-refractivity contribution in [1.82, 2.24) is 14.7 Å². The standard InChI is InChI=1S/C19H18ClN3O3/c1-11-9-16(12(2)23(11)15-7-8-15)19(24)25-10-17-21-18(22-26-17)13-3-5-14(20)6-4-13/h3-6,9,15H,7-8,10H2,1-2H3. The summed E-state index contributed by atoms with van der Waals surface area (Å²) in [7, 11) is 0. The summed E-state index contributed by atoms with van der Waals surface area (Å²) in [6, 6.07) is 9.51. The lowest BCUT2D eigenvalue weighted by atomic mass is 10.2. The Morgan fingerprint density at radius 2 is 2.04 bits per heavy atom. The molecule has 0 radical (unpaired) electrons. The molecule has 7 heteroatoms. The molecule has 0 atom stereocenters. The zero-order chi connectivity index (χ0) is 18.3. The zero-order valence-corrected chi connectivity index (χ0v) is 15.3. The van der Waals surface area contributed by atoms with Gasteiger partial charge in [0.1, 0.15) is 0 Å². The average molecular weight is 372 g/mol. The lowest BCUT2D eigenvalue weighted by Crippen LogP contribution is -2.07. The maximum Gasteiger partial charge on any atom is 0.340 e. The molecule has 3 aromatic rings. The third-order valence-corrected chi connectivity index (χ3v) is 4.77. The molecular formula is C19H18ClN3O3. The van der Waals surface area contributed by atoms with Gasteiger partial charge in [-0.2, -0.15) is 4.98 Å². The molecule has 0 saturated heterocycles. The number of benzene rings is 1. The smallest absolute Gasteiger partial charge is 0.340 e. The van der Waals surface area contributed by atoms with Crippen molar-refractivity contribution in [3.8, 4) is 11.4 Å². The van der Waals surface area contributed by atoms with Crippen LogP contribution >= 0.6 is 11.6 Å². The Morgan fingerprint density at radius 1 is 1.31 bits per heavy atom. The topological polar surface area (TPSA) is 70.2 Å². The third-order valence-electron chi connectivity index (χ3n) is 4.51. The highest BCUT2D eigenvalue weighted by Gasteiger charge is 2.28. The van der Waals surface area contributed by atoms with Crippen LogP contribution in [0.1, 0.15) is 46.5 Å². The van der Waals surface area contributed by atoms with Gasteiger partial charge in [-0.15, -0.1) is 0 Å². The van der Waals surface area contributed by atoms with Crippen LogP contribution in [-0.4, -0.2) is 20.7 Å². The molecule has 1 saturated carbocycles. The molecule has 0 spiro atoms. The third kappa shape index (κ3) is 3.24. The van der Waals surface area contributed by atoms with Crippen LogP contribution in [0.5, 0.6) is 0 Å². The van der Waals surface area contributed by atoms with Gasteiger partial charge in [0.05, 0.1) is 5.56 Å². The van der Waals surface area contributed by atoms with Crippen molar-refractivity contribution in [2.24, 2.45) is 0 Å². The van der Waals surface area contributed by atoms with E-state index < -0.39 is 0 Å². The molecule has 4 rings (SSSR count). The molecular weight excluding hydrogens is 354 g/mol. The van der Waals surface area contributed by atoms with E-state index in [1.807, 2.05) is 19.9 Å². The van der Waals surface area contributed by atoms with Crippen molar-refractivity contribution >= 4 is 17.6 Å². The predicted octanol–water partition coefficient (Wildman–Crippen LogP) is 4.50. The number of rotatable bonds is 5. The van der Waals surface area contributed by atoms with Crippen molar-refractivity contribution < 1.29 is 14.1 Å². The number of hydrogen-bond acceptors (Lipinski definition) is 5. The Hall–Kier alpha value is -2.60. The van der Waals surface area contributed by atoms with E-state index in [0.717, 1.165) is 17.0 Å². The van der Waals surface area contributed by atoms with Gasteiger partial charge < -0.3 is 13.8 Å². The van der Waals surface area contributed by atoms with Crippen molar-refractivity contribution in [3.63, 3.8) is 0 Å². The Kier molecular flexibility index (Phi) is 4.28. The molecule has 0 unspecified atom stereocenters. The molecule has 0 amide bonds. The van der Waals surface area contributed by atoms with Crippen LogP contribution in [0.3, 0.4) is 0 Å². The van der Waals surface area contributed by atoms with Gasteiger partial charge in [-0.05, 0) is 57.0 Å². The fraction of sp³-hybridized carbons (Fsp3) is 0.316. The monoisotopic (exact) mass is 371 g/mol. The van der Waals surface area contributed by atoms with E-state index in [2.05, 4.69) is 14.7 Å². The van der Waals surface area contributed by atoms with Crippen LogP contribution < -0.4 is 0 Å². The van der Waals surface area contributed by atoms with Gasteiger partial charge in [0.25, 0.3) is 5.89 Å². The minimum absolute atomic E-state index is 0.0630. The first-order valence-electron chi connectivity index (χ1n) is 8.47. The second-order valence-corrected chi connectivity index (χ2v) is 6.92. The van der Waals surface area contributed by atoms with E-state index in [1.165, 1.54) is 12.8 Å². The van der Waals surface area contributed by atoms with E-state index in [9.17, 15) is 4.79 Å². The summed E-state index contributed by atoms with van der Waals surface area (Å²) < 4.78 is 12.7. The lowest BCUT2D eigenvalue weighted by Gasteiger charge is -2.07. The molecule has 2 aromatic heterocycles. The Morgan fingerprint density at radius 3 is 2.73 bits per heavy atom. The molecule has 2 heterocycles. The van der Waals surface area contributed by atoms with Crippen LogP contribution in [0.4, 0.5) is 0 Å². The largest absolute Gasteiger partial charge is 0.452 e. The van der Waals surface area contributed by atoms with Gasteiger partial charge in [-0.3, -0.25) is 0 Å². The second kappa shape index (κ2) is 6.61. The molecule has 0 aliphatic heterocycles. The molecule has 6 nitrogen and oxygen atoms in total. The highest BCUT2D eigenvalue weighted by atomic mass is 35.5. The van der Waals surface area contributed by atoms with Crippen LogP contribution in [0, 0.1) is 13.8 Å².